The number of hydrogen-bond donors (Lipinski definition) is 1. The molecule has 0 aromatic heterocycles. The van der Waals surface area contributed by atoms with Crippen molar-refractivity contribution in [3.8, 4) is 0 Å². The van der Waals surface area contributed by atoms with Crippen molar-refractivity contribution in [2.45, 2.75) is 97.9 Å². The highest BCUT2D eigenvalue weighted by atomic mass is 16.4. The molecule has 0 aromatic rings. The minimum Gasteiger partial charge on any atom is -0.481 e. The SMILES string of the molecule is C=N[C@]1([C@H](C)CCC(=C)C(C)C(=O)O)CC[C@H]2C3=C(C(=O)C[C@@]21C)[C@@]1(C)CCC(=O)[C@@H](C)[C@@H]1CC3. The molecule has 2 fully saturated rings. The summed E-state index contributed by atoms with van der Waals surface area (Å²) in [7, 11) is 0. The second-order valence-electron chi connectivity index (χ2n) is 12.6. The minimum absolute atomic E-state index is 0.0303. The highest BCUT2D eigenvalue weighted by Gasteiger charge is 2.65. The second-order valence-corrected chi connectivity index (χ2v) is 12.6. The molecule has 0 aromatic carbocycles. The van der Waals surface area contributed by atoms with Crippen LogP contribution < -0.4 is 0 Å². The van der Waals surface area contributed by atoms with E-state index in [1.54, 1.807) is 6.92 Å². The molecule has 0 aliphatic heterocycles. The molecule has 0 saturated heterocycles. The third-order valence-corrected chi connectivity index (χ3v) is 11.2. The number of carboxylic acid groups (broad SMARTS) is 1. The smallest absolute Gasteiger partial charge is 0.310 e. The molecule has 0 radical (unpaired) electrons. The fourth-order valence-electron chi connectivity index (χ4n) is 8.88. The van der Waals surface area contributed by atoms with E-state index in [0.717, 1.165) is 49.7 Å². The van der Waals surface area contributed by atoms with Crippen LogP contribution in [0.1, 0.15) is 92.4 Å². The third kappa shape index (κ3) is 3.62. The summed E-state index contributed by atoms with van der Waals surface area (Å²) in [5.41, 5.74) is 2.26. The highest BCUT2D eigenvalue weighted by molar-refractivity contribution is 6.00. The van der Waals surface area contributed by atoms with Crippen LogP contribution in [0.3, 0.4) is 0 Å². The lowest BCUT2D eigenvalue weighted by molar-refractivity contribution is -0.140. The van der Waals surface area contributed by atoms with Gasteiger partial charge in [-0.2, -0.15) is 0 Å². The number of ketones is 2. The van der Waals surface area contributed by atoms with Gasteiger partial charge in [-0.15, -0.1) is 0 Å². The van der Waals surface area contributed by atoms with E-state index in [1.807, 2.05) is 0 Å². The van der Waals surface area contributed by atoms with Crippen LogP contribution in [0.4, 0.5) is 0 Å². The van der Waals surface area contributed by atoms with Gasteiger partial charge in [0.2, 0.25) is 0 Å². The lowest BCUT2D eigenvalue weighted by Crippen LogP contribution is -2.55. The number of nitrogens with zero attached hydrogens (tertiary/aromatic N) is 1. The lowest BCUT2D eigenvalue weighted by atomic mass is 9.48. The first kappa shape index (κ1) is 26.0. The van der Waals surface area contributed by atoms with Gasteiger partial charge >= 0.3 is 5.97 Å². The molecule has 5 heteroatoms. The van der Waals surface area contributed by atoms with Gasteiger partial charge in [-0.3, -0.25) is 19.4 Å². The van der Waals surface area contributed by atoms with Crippen LogP contribution >= 0.6 is 0 Å². The predicted molar refractivity (Wildman–Crippen MR) is 138 cm³/mol. The molecule has 0 amide bonds. The van der Waals surface area contributed by atoms with Crippen LogP contribution in [0.15, 0.2) is 28.3 Å². The Balaban J connectivity index is 1.66. The van der Waals surface area contributed by atoms with E-state index in [-0.39, 0.29) is 34.4 Å². The van der Waals surface area contributed by atoms with Crippen LogP contribution in [0.25, 0.3) is 0 Å². The minimum atomic E-state index is -0.840. The number of aliphatic imine (C=N–C) groups is 1. The van der Waals surface area contributed by atoms with E-state index in [0.29, 0.717) is 31.0 Å². The second kappa shape index (κ2) is 8.81. The molecule has 0 heterocycles. The Morgan fingerprint density at radius 3 is 2.49 bits per heavy atom. The van der Waals surface area contributed by atoms with Crippen molar-refractivity contribution >= 4 is 24.3 Å². The van der Waals surface area contributed by atoms with E-state index >= 15 is 0 Å². The average Bonchev–Trinajstić information content (AvgIpc) is 3.11. The lowest BCUT2D eigenvalue weighted by Gasteiger charge is -2.56. The van der Waals surface area contributed by atoms with Crippen molar-refractivity contribution < 1.29 is 19.5 Å². The number of rotatable bonds is 7. The number of carbonyl (C=O) groups is 3. The molecule has 35 heavy (non-hydrogen) atoms. The molecule has 4 aliphatic carbocycles. The van der Waals surface area contributed by atoms with Gasteiger partial charge in [-0.25, -0.2) is 0 Å². The summed E-state index contributed by atoms with van der Waals surface area (Å²) in [6.07, 6.45) is 7.09. The van der Waals surface area contributed by atoms with Gasteiger partial charge in [0.1, 0.15) is 5.78 Å². The monoisotopic (exact) mass is 481 g/mol. The van der Waals surface area contributed by atoms with E-state index in [1.165, 1.54) is 5.57 Å². The molecule has 0 bridgehead atoms. The number of allylic oxidation sites excluding steroid dienone is 2. The van der Waals surface area contributed by atoms with Gasteiger partial charge in [0, 0.05) is 29.7 Å². The standard InChI is InChI=1S/C30H43NO4/c1-17(19(3)27(34)35)8-9-18(2)30(31-7)15-12-23-21-10-11-22-20(4)24(32)13-14-28(22,5)26(21)25(33)16-29(23,30)6/h18-20,22-23H,1,7-16H2,2-6H3,(H,34,35)/t18-,19?,20+,22+,23+,28+,29+,30+/m1/s1. The molecule has 4 aliphatic rings. The van der Waals surface area contributed by atoms with Crippen molar-refractivity contribution in [3.05, 3.63) is 23.3 Å². The van der Waals surface area contributed by atoms with Gasteiger partial charge in [-0.05, 0) is 81.8 Å². The Bertz CT molecular complexity index is 1010. The highest BCUT2D eigenvalue weighted by Crippen LogP contribution is 2.67. The van der Waals surface area contributed by atoms with Crippen LogP contribution in [0.5, 0.6) is 0 Å². The van der Waals surface area contributed by atoms with Crippen LogP contribution in [0.2, 0.25) is 0 Å². The van der Waals surface area contributed by atoms with Gasteiger partial charge in [-0.1, -0.05) is 45.4 Å². The summed E-state index contributed by atoms with van der Waals surface area (Å²) < 4.78 is 0. The molecule has 0 spiro atoms. The van der Waals surface area contributed by atoms with E-state index in [2.05, 4.69) is 41.0 Å². The molecule has 5 nitrogen and oxygen atoms in total. The molecule has 4 rings (SSSR count). The van der Waals surface area contributed by atoms with Gasteiger partial charge < -0.3 is 5.11 Å². The van der Waals surface area contributed by atoms with Crippen molar-refractivity contribution in [1.82, 2.24) is 0 Å². The van der Waals surface area contributed by atoms with E-state index < -0.39 is 17.4 Å². The first-order chi connectivity index (χ1) is 16.3. The van der Waals surface area contributed by atoms with E-state index in [9.17, 15) is 19.5 Å². The van der Waals surface area contributed by atoms with Crippen molar-refractivity contribution in [2.75, 3.05) is 0 Å². The molecular formula is C30H43NO4. The summed E-state index contributed by atoms with van der Waals surface area (Å²) in [5.74, 6) is -0.00874. The molecular weight excluding hydrogens is 438 g/mol. The normalized spacial score (nSPS) is 40.4. The topological polar surface area (TPSA) is 83.8 Å². The zero-order valence-corrected chi connectivity index (χ0v) is 22.3. The summed E-state index contributed by atoms with van der Waals surface area (Å²) >= 11 is 0. The van der Waals surface area contributed by atoms with Crippen LogP contribution in [0, 0.1) is 40.4 Å². The zero-order valence-electron chi connectivity index (χ0n) is 22.3. The largest absolute Gasteiger partial charge is 0.481 e. The Kier molecular flexibility index (Phi) is 6.56. The van der Waals surface area contributed by atoms with E-state index in [4.69, 9.17) is 4.99 Å². The first-order valence-electron chi connectivity index (χ1n) is 13.5. The van der Waals surface area contributed by atoms with Crippen molar-refractivity contribution in [2.24, 2.45) is 45.4 Å². The van der Waals surface area contributed by atoms with Gasteiger partial charge in [0.15, 0.2) is 5.78 Å². The number of carbonyl (C=O) groups excluding carboxylic acids is 2. The molecule has 192 valence electrons. The number of hydrogen-bond acceptors (Lipinski definition) is 4. The quantitative estimate of drug-likeness (QED) is 0.346. The number of aliphatic carboxylic acids is 1. The van der Waals surface area contributed by atoms with Gasteiger partial charge in [0.05, 0.1) is 11.5 Å². The maximum absolute atomic E-state index is 14.0. The Morgan fingerprint density at radius 2 is 1.86 bits per heavy atom. The number of carboxylic acids is 1. The summed E-state index contributed by atoms with van der Waals surface area (Å²) in [5, 5.41) is 9.34. The summed E-state index contributed by atoms with van der Waals surface area (Å²) in [4.78, 5) is 42.7. The molecule has 8 atom stereocenters. The van der Waals surface area contributed by atoms with Crippen molar-refractivity contribution in [1.29, 1.82) is 0 Å². The molecule has 1 unspecified atom stereocenters. The van der Waals surface area contributed by atoms with Crippen LogP contribution in [-0.4, -0.2) is 34.9 Å². The Labute approximate surface area is 210 Å². The molecule has 1 N–H and O–H groups in total. The summed E-state index contributed by atoms with van der Waals surface area (Å²) in [6.45, 7) is 18.6. The third-order valence-electron chi connectivity index (χ3n) is 11.2. The average molecular weight is 482 g/mol. The maximum Gasteiger partial charge on any atom is 0.310 e. The number of Topliss-reactive ketones (excluding diaryl/α,β-unsaturated/α-hetero) is 2. The fraction of sp³-hybridized carbons (Fsp3) is 0.733. The zero-order chi connectivity index (χ0) is 25.9. The number of fused-ring (bicyclic) bond motifs is 4. The van der Waals surface area contributed by atoms with Crippen molar-refractivity contribution in [3.63, 3.8) is 0 Å². The molecule has 2 saturated carbocycles. The fourth-order valence-corrected chi connectivity index (χ4v) is 8.88. The van der Waals surface area contributed by atoms with Gasteiger partial charge in [0.25, 0.3) is 0 Å². The first-order valence-corrected chi connectivity index (χ1v) is 13.5. The van der Waals surface area contributed by atoms with Crippen LogP contribution in [-0.2, 0) is 14.4 Å². The summed E-state index contributed by atoms with van der Waals surface area (Å²) in [6, 6.07) is 0. The predicted octanol–water partition coefficient (Wildman–Crippen LogP) is 6.22. The Hall–Kier alpha value is -2.04. The maximum atomic E-state index is 14.0. The Morgan fingerprint density at radius 1 is 1.17 bits per heavy atom.